The first-order valence-electron chi connectivity index (χ1n) is 3.95. The van der Waals surface area contributed by atoms with Gasteiger partial charge in [0.2, 0.25) is 0 Å². The molecule has 0 saturated carbocycles. The van der Waals surface area contributed by atoms with E-state index >= 15 is 0 Å². The highest BCUT2D eigenvalue weighted by molar-refractivity contribution is 6.29. The van der Waals surface area contributed by atoms with Crippen LogP contribution in [0.3, 0.4) is 0 Å². The van der Waals surface area contributed by atoms with Crippen LogP contribution in [0.15, 0.2) is 6.07 Å². The van der Waals surface area contributed by atoms with Crippen molar-refractivity contribution in [2.24, 2.45) is 0 Å². The van der Waals surface area contributed by atoms with Crippen LogP contribution in [0.2, 0.25) is 5.15 Å². The predicted molar refractivity (Wildman–Crippen MR) is 47.1 cm³/mol. The maximum Gasteiger partial charge on any atom is 0.152 e. The third-order valence-corrected chi connectivity index (χ3v) is 2.30. The van der Waals surface area contributed by atoms with E-state index < -0.39 is 0 Å². The maximum absolute atomic E-state index is 5.73. The lowest BCUT2D eigenvalue weighted by Gasteiger charge is -2.22. The van der Waals surface area contributed by atoms with Crippen molar-refractivity contribution in [3.8, 4) is 0 Å². The molecular weight excluding hydrogens is 174 g/mol. The Labute approximate surface area is 76.4 Å². The average molecular weight is 184 g/mol. The van der Waals surface area contributed by atoms with E-state index in [0.29, 0.717) is 5.15 Å². The topological polar surface area (TPSA) is 29.0 Å². The van der Waals surface area contributed by atoms with Gasteiger partial charge in [-0.25, -0.2) is 0 Å². The lowest BCUT2D eigenvalue weighted by Crippen LogP contribution is -2.27. The van der Waals surface area contributed by atoms with E-state index in [1.807, 2.05) is 6.07 Å². The average Bonchev–Trinajstić information content (AvgIpc) is 2.05. The number of rotatable bonds is 0. The molecule has 0 aromatic carbocycles. The molecule has 0 N–H and O–H groups in total. The molecule has 0 unspecified atom stereocenters. The van der Waals surface area contributed by atoms with Crippen LogP contribution in [-0.2, 0) is 13.0 Å². The van der Waals surface area contributed by atoms with Crippen molar-refractivity contribution >= 4 is 11.6 Å². The van der Waals surface area contributed by atoms with E-state index in [2.05, 4.69) is 22.1 Å². The number of likely N-dealkylation sites (N-methyl/N-ethyl adjacent to an activating group) is 1. The van der Waals surface area contributed by atoms with Crippen molar-refractivity contribution < 1.29 is 0 Å². The number of hydrogen-bond donors (Lipinski definition) is 0. The molecule has 1 aliphatic heterocycles. The van der Waals surface area contributed by atoms with Gasteiger partial charge < -0.3 is 4.90 Å². The molecule has 0 fully saturated rings. The van der Waals surface area contributed by atoms with Gasteiger partial charge in [-0.15, -0.1) is 5.10 Å². The zero-order chi connectivity index (χ0) is 8.55. The normalized spacial score (nSPS) is 17.5. The fourth-order valence-corrected chi connectivity index (χ4v) is 1.59. The summed E-state index contributed by atoms with van der Waals surface area (Å²) in [4.78, 5) is 2.23. The van der Waals surface area contributed by atoms with Crippen LogP contribution >= 0.6 is 11.6 Å². The Balaban J connectivity index is 2.37. The second-order valence-corrected chi connectivity index (χ2v) is 3.51. The highest BCUT2D eigenvalue weighted by Gasteiger charge is 2.14. The number of fused-ring (bicyclic) bond motifs is 1. The Morgan fingerprint density at radius 1 is 1.50 bits per heavy atom. The Hall–Kier alpha value is -0.670. The van der Waals surface area contributed by atoms with Gasteiger partial charge in [0, 0.05) is 13.1 Å². The van der Waals surface area contributed by atoms with Crippen LogP contribution in [0.5, 0.6) is 0 Å². The quantitative estimate of drug-likeness (QED) is 0.604. The van der Waals surface area contributed by atoms with E-state index in [1.165, 1.54) is 5.56 Å². The van der Waals surface area contributed by atoms with E-state index in [9.17, 15) is 0 Å². The monoisotopic (exact) mass is 183 g/mol. The first kappa shape index (κ1) is 7.95. The summed E-state index contributed by atoms with van der Waals surface area (Å²) in [6.07, 6.45) is 1.03. The van der Waals surface area contributed by atoms with Gasteiger partial charge in [-0.05, 0) is 25.1 Å². The largest absolute Gasteiger partial charge is 0.300 e. The van der Waals surface area contributed by atoms with Crippen LogP contribution in [0.4, 0.5) is 0 Å². The molecule has 1 aromatic heterocycles. The molecule has 2 rings (SSSR count). The molecule has 0 aliphatic carbocycles. The first-order valence-corrected chi connectivity index (χ1v) is 4.33. The molecule has 0 radical (unpaired) electrons. The minimum absolute atomic E-state index is 0.498. The molecule has 0 atom stereocenters. The second kappa shape index (κ2) is 2.99. The van der Waals surface area contributed by atoms with E-state index in [1.54, 1.807) is 0 Å². The fourth-order valence-electron chi connectivity index (χ4n) is 1.42. The molecular formula is C8H10ClN3. The molecule has 1 aliphatic rings. The molecule has 0 spiro atoms. The zero-order valence-corrected chi connectivity index (χ0v) is 7.67. The molecule has 1 aromatic rings. The van der Waals surface area contributed by atoms with Gasteiger partial charge in [-0.3, -0.25) is 0 Å². The smallest absolute Gasteiger partial charge is 0.152 e. The summed E-state index contributed by atoms with van der Waals surface area (Å²) in [6, 6.07) is 1.91. The Bertz CT molecular complexity index is 300. The van der Waals surface area contributed by atoms with Crippen molar-refractivity contribution in [3.63, 3.8) is 0 Å². The van der Waals surface area contributed by atoms with E-state index in [-0.39, 0.29) is 0 Å². The summed E-state index contributed by atoms with van der Waals surface area (Å²) in [5, 5.41) is 8.36. The van der Waals surface area contributed by atoms with Gasteiger partial charge in [-0.2, -0.15) is 5.10 Å². The highest BCUT2D eigenvalue weighted by Crippen LogP contribution is 2.17. The summed E-state index contributed by atoms with van der Waals surface area (Å²) in [7, 11) is 2.08. The highest BCUT2D eigenvalue weighted by atomic mass is 35.5. The molecule has 0 saturated heterocycles. The Kier molecular flexibility index (Phi) is 1.98. The van der Waals surface area contributed by atoms with Crippen LogP contribution < -0.4 is 0 Å². The number of halogens is 1. The molecule has 2 heterocycles. The third kappa shape index (κ3) is 1.42. The van der Waals surface area contributed by atoms with Gasteiger partial charge in [0.25, 0.3) is 0 Å². The summed E-state index contributed by atoms with van der Waals surface area (Å²) in [5.74, 6) is 0. The van der Waals surface area contributed by atoms with Gasteiger partial charge in [0.1, 0.15) is 0 Å². The third-order valence-electron chi connectivity index (χ3n) is 2.11. The summed E-state index contributed by atoms with van der Waals surface area (Å²) in [6.45, 7) is 1.97. The Morgan fingerprint density at radius 2 is 2.33 bits per heavy atom. The van der Waals surface area contributed by atoms with Gasteiger partial charge in [-0.1, -0.05) is 11.6 Å². The van der Waals surface area contributed by atoms with Gasteiger partial charge in [0.05, 0.1) is 5.69 Å². The summed E-state index contributed by atoms with van der Waals surface area (Å²) >= 11 is 5.73. The zero-order valence-electron chi connectivity index (χ0n) is 6.92. The lowest BCUT2D eigenvalue weighted by molar-refractivity contribution is 0.305. The van der Waals surface area contributed by atoms with Crippen molar-refractivity contribution in [1.82, 2.24) is 15.1 Å². The number of hydrogen-bond acceptors (Lipinski definition) is 3. The van der Waals surface area contributed by atoms with Crippen LogP contribution in [0.25, 0.3) is 0 Å². The first-order chi connectivity index (χ1) is 5.75. The Morgan fingerprint density at radius 3 is 3.17 bits per heavy atom. The second-order valence-electron chi connectivity index (χ2n) is 3.13. The minimum Gasteiger partial charge on any atom is -0.300 e. The molecule has 0 amide bonds. The van der Waals surface area contributed by atoms with Gasteiger partial charge >= 0.3 is 0 Å². The summed E-state index contributed by atoms with van der Waals surface area (Å²) < 4.78 is 0. The van der Waals surface area contributed by atoms with Crippen molar-refractivity contribution in [2.45, 2.75) is 13.0 Å². The fraction of sp³-hybridized carbons (Fsp3) is 0.500. The minimum atomic E-state index is 0.498. The standard InChI is InChI=1S/C8H10ClN3/c1-12-3-2-6-4-8(9)11-10-7(6)5-12/h4H,2-3,5H2,1H3. The molecule has 3 nitrogen and oxygen atoms in total. The van der Waals surface area contributed by atoms with E-state index in [0.717, 1.165) is 25.2 Å². The van der Waals surface area contributed by atoms with Crippen LogP contribution in [0.1, 0.15) is 11.3 Å². The summed E-state index contributed by atoms with van der Waals surface area (Å²) in [5.41, 5.74) is 2.31. The molecule has 0 bridgehead atoms. The predicted octanol–water partition coefficient (Wildman–Crippen LogP) is 1.12. The molecule has 4 heteroatoms. The van der Waals surface area contributed by atoms with Crippen molar-refractivity contribution in [3.05, 3.63) is 22.5 Å². The molecule has 64 valence electrons. The van der Waals surface area contributed by atoms with Crippen molar-refractivity contribution in [1.29, 1.82) is 0 Å². The lowest BCUT2D eigenvalue weighted by atomic mass is 10.1. The SMILES string of the molecule is CN1CCc2cc(Cl)nnc2C1. The maximum atomic E-state index is 5.73. The van der Waals surface area contributed by atoms with Crippen LogP contribution in [0, 0.1) is 0 Å². The van der Waals surface area contributed by atoms with E-state index in [4.69, 9.17) is 11.6 Å². The van der Waals surface area contributed by atoms with Gasteiger partial charge in [0.15, 0.2) is 5.15 Å². The number of nitrogens with zero attached hydrogens (tertiary/aromatic N) is 3. The van der Waals surface area contributed by atoms with Crippen molar-refractivity contribution in [2.75, 3.05) is 13.6 Å². The number of aromatic nitrogens is 2. The van der Waals surface area contributed by atoms with Crippen LogP contribution in [-0.4, -0.2) is 28.7 Å². The molecule has 12 heavy (non-hydrogen) atoms.